The number of hydrogen-bond donors (Lipinski definition) is 2. The molecule has 1 amide bonds. The third-order valence-electron chi connectivity index (χ3n) is 2.65. The van der Waals surface area contributed by atoms with Crippen molar-refractivity contribution >= 4 is 17.7 Å². The predicted octanol–water partition coefficient (Wildman–Crippen LogP) is 1.72. The second-order valence-electron chi connectivity index (χ2n) is 3.91. The summed E-state index contributed by atoms with van der Waals surface area (Å²) < 4.78 is 0. The van der Waals surface area contributed by atoms with Crippen LogP contribution >= 0.6 is 11.8 Å². The van der Waals surface area contributed by atoms with Gasteiger partial charge in [0.15, 0.2) is 0 Å². The normalized spacial score (nSPS) is 21.0. The van der Waals surface area contributed by atoms with Gasteiger partial charge in [0, 0.05) is 10.6 Å². The molecule has 0 radical (unpaired) electrons. The Morgan fingerprint density at radius 1 is 1.56 bits per heavy atom. The van der Waals surface area contributed by atoms with Crippen LogP contribution in [0.5, 0.6) is 0 Å². The minimum Gasteiger partial charge on any atom is -0.384 e. The van der Waals surface area contributed by atoms with Gasteiger partial charge in [-0.3, -0.25) is 4.79 Å². The molecular formula is C12H15NO2S. The topological polar surface area (TPSA) is 49.3 Å². The molecule has 1 aromatic carbocycles. The Kier molecular flexibility index (Phi) is 3.51. The van der Waals surface area contributed by atoms with Crippen LogP contribution in [0.3, 0.4) is 0 Å². The molecule has 0 fully saturated rings. The van der Waals surface area contributed by atoms with Crippen LogP contribution in [0.1, 0.15) is 24.9 Å². The lowest BCUT2D eigenvalue weighted by Crippen LogP contribution is -2.36. The highest BCUT2D eigenvalue weighted by Gasteiger charge is 2.22. The van der Waals surface area contributed by atoms with Crippen molar-refractivity contribution in [1.82, 2.24) is 5.32 Å². The summed E-state index contributed by atoms with van der Waals surface area (Å²) in [6.07, 6.45) is -0.0260. The summed E-state index contributed by atoms with van der Waals surface area (Å²) in [5.74, 6) is 0.702. The minimum absolute atomic E-state index is 0.0412. The van der Waals surface area contributed by atoms with Crippen molar-refractivity contribution in [3.63, 3.8) is 0 Å². The number of rotatable bonds is 2. The molecule has 16 heavy (non-hydrogen) atoms. The van der Waals surface area contributed by atoms with Crippen LogP contribution < -0.4 is 5.32 Å². The average Bonchev–Trinajstić information content (AvgIpc) is 2.29. The number of fused-ring (bicyclic) bond motifs is 1. The number of aliphatic hydroxyl groups excluding tert-OH is 1. The van der Waals surface area contributed by atoms with Gasteiger partial charge >= 0.3 is 0 Å². The number of carbonyl (C=O) groups excluding carboxylic acids is 1. The molecule has 0 aromatic heterocycles. The minimum atomic E-state index is -0.943. The third-order valence-corrected chi connectivity index (χ3v) is 3.78. The lowest BCUT2D eigenvalue weighted by atomic mass is 10.0. The summed E-state index contributed by atoms with van der Waals surface area (Å²) in [6, 6.07) is 8.13. The van der Waals surface area contributed by atoms with E-state index in [1.807, 2.05) is 30.0 Å². The molecule has 2 N–H and O–H groups in total. The molecule has 0 aliphatic carbocycles. The lowest BCUT2D eigenvalue weighted by Gasteiger charge is -2.26. The molecule has 1 aliphatic rings. The summed E-state index contributed by atoms with van der Waals surface area (Å²) in [7, 11) is 0. The Morgan fingerprint density at radius 3 is 3.06 bits per heavy atom. The Morgan fingerprint density at radius 2 is 2.31 bits per heavy atom. The molecule has 4 heteroatoms. The van der Waals surface area contributed by atoms with Gasteiger partial charge in [0.2, 0.25) is 5.91 Å². The van der Waals surface area contributed by atoms with Gasteiger partial charge in [-0.15, -0.1) is 11.8 Å². The fourth-order valence-electron chi connectivity index (χ4n) is 1.78. The van der Waals surface area contributed by atoms with Crippen LogP contribution in [-0.4, -0.2) is 22.9 Å². The van der Waals surface area contributed by atoms with Crippen LogP contribution in [0.25, 0.3) is 0 Å². The fraction of sp³-hybridized carbons (Fsp3) is 0.417. The molecule has 1 aromatic rings. The van der Waals surface area contributed by atoms with Crippen molar-refractivity contribution in [2.45, 2.75) is 30.4 Å². The van der Waals surface area contributed by atoms with Crippen molar-refractivity contribution in [2.75, 3.05) is 5.75 Å². The number of benzene rings is 1. The van der Waals surface area contributed by atoms with Crippen LogP contribution in [0.4, 0.5) is 0 Å². The SMILES string of the molecule is CC(O)C(=O)NC1CCSc2ccccc21. The Bertz CT molecular complexity index is 392. The van der Waals surface area contributed by atoms with Crippen molar-refractivity contribution in [1.29, 1.82) is 0 Å². The third kappa shape index (κ3) is 2.39. The number of hydrogen-bond acceptors (Lipinski definition) is 3. The second-order valence-corrected chi connectivity index (χ2v) is 5.05. The van der Waals surface area contributed by atoms with Crippen molar-refractivity contribution in [2.24, 2.45) is 0 Å². The van der Waals surface area contributed by atoms with E-state index in [0.717, 1.165) is 17.7 Å². The molecular weight excluding hydrogens is 222 g/mol. The van der Waals surface area contributed by atoms with Gasteiger partial charge in [0.25, 0.3) is 0 Å². The van der Waals surface area contributed by atoms with Crippen molar-refractivity contribution in [3.8, 4) is 0 Å². The van der Waals surface area contributed by atoms with Crippen LogP contribution in [0, 0.1) is 0 Å². The highest BCUT2D eigenvalue weighted by Crippen LogP contribution is 2.35. The van der Waals surface area contributed by atoms with E-state index in [0.29, 0.717) is 0 Å². The van der Waals surface area contributed by atoms with E-state index in [1.165, 1.54) is 11.8 Å². The summed E-state index contributed by atoms with van der Waals surface area (Å²) in [6.45, 7) is 1.48. The number of amides is 1. The van der Waals surface area contributed by atoms with E-state index in [-0.39, 0.29) is 11.9 Å². The molecule has 2 unspecified atom stereocenters. The van der Waals surface area contributed by atoms with Crippen molar-refractivity contribution in [3.05, 3.63) is 29.8 Å². The summed E-state index contributed by atoms with van der Waals surface area (Å²) in [4.78, 5) is 12.7. The van der Waals surface area contributed by atoms with Gasteiger partial charge < -0.3 is 10.4 Å². The number of nitrogens with one attached hydrogen (secondary N) is 1. The molecule has 2 rings (SSSR count). The van der Waals surface area contributed by atoms with Crippen molar-refractivity contribution < 1.29 is 9.90 Å². The van der Waals surface area contributed by atoms with Gasteiger partial charge in [0.1, 0.15) is 6.10 Å². The predicted molar refractivity (Wildman–Crippen MR) is 64.3 cm³/mol. The van der Waals surface area contributed by atoms with Gasteiger partial charge in [-0.25, -0.2) is 0 Å². The van der Waals surface area contributed by atoms with E-state index in [4.69, 9.17) is 0 Å². The molecule has 0 saturated heterocycles. The smallest absolute Gasteiger partial charge is 0.249 e. The first kappa shape index (κ1) is 11.5. The molecule has 0 saturated carbocycles. The molecule has 3 nitrogen and oxygen atoms in total. The zero-order valence-electron chi connectivity index (χ0n) is 9.14. The van der Waals surface area contributed by atoms with Crippen LogP contribution in [0.2, 0.25) is 0 Å². The standard InChI is InChI=1S/C12H15NO2S/c1-8(14)12(15)13-10-6-7-16-11-5-3-2-4-9(10)11/h2-5,8,10,14H,6-7H2,1H3,(H,13,15). The first-order valence-corrected chi connectivity index (χ1v) is 6.37. The van der Waals surface area contributed by atoms with Gasteiger partial charge in [-0.05, 0) is 25.0 Å². The maximum Gasteiger partial charge on any atom is 0.249 e. The summed E-state index contributed by atoms with van der Waals surface area (Å²) in [5, 5.41) is 12.1. The molecule has 0 spiro atoms. The highest BCUT2D eigenvalue weighted by molar-refractivity contribution is 7.99. The van der Waals surface area contributed by atoms with Crippen LogP contribution in [-0.2, 0) is 4.79 Å². The zero-order valence-corrected chi connectivity index (χ0v) is 9.96. The quantitative estimate of drug-likeness (QED) is 0.823. The summed E-state index contributed by atoms with van der Waals surface area (Å²) in [5.41, 5.74) is 1.16. The monoisotopic (exact) mass is 237 g/mol. The Labute approximate surface area is 99.2 Å². The second kappa shape index (κ2) is 4.89. The Hall–Kier alpha value is -1.00. The first-order chi connectivity index (χ1) is 7.68. The maximum atomic E-state index is 11.5. The highest BCUT2D eigenvalue weighted by atomic mass is 32.2. The van der Waals surface area contributed by atoms with Gasteiger partial charge in [-0.1, -0.05) is 18.2 Å². The van der Waals surface area contributed by atoms with E-state index < -0.39 is 6.10 Å². The molecule has 1 heterocycles. The van der Waals surface area contributed by atoms with E-state index >= 15 is 0 Å². The van der Waals surface area contributed by atoms with Gasteiger partial charge in [0.05, 0.1) is 6.04 Å². The molecule has 0 bridgehead atoms. The van der Waals surface area contributed by atoms with E-state index in [2.05, 4.69) is 11.4 Å². The number of aliphatic hydroxyl groups is 1. The Balaban J connectivity index is 2.16. The lowest BCUT2D eigenvalue weighted by molar-refractivity contribution is -0.129. The van der Waals surface area contributed by atoms with E-state index in [9.17, 15) is 9.90 Å². The first-order valence-electron chi connectivity index (χ1n) is 5.38. The number of thioether (sulfide) groups is 1. The van der Waals surface area contributed by atoms with Crippen LogP contribution in [0.15, 0.2) is 29.2 Å². The van der Waals surface area contributed by atoms with Gasteiger partial charge in [-0.2, -0.15) is 0 Å². The maximum absolute atomic E-state index is 11.5. The average molecular weight is 237 g/mol. The molecule has 1 aliphatic heterocycles. The molecule has 86 valence electrons. The zero-order chi connectivity index (χ0) is 11.5. The number of carbonyl (C=O) groups is 1. The fourth-order valence-corrected chi connectivity index (χ4v) is 2.91. The van der Waals surface area contributed by atoms with E-state index in [1.54, 1.807) is 0 Å². The summed E-state index contributed by atoms with van der Waals surface area (Å²) >= 11 is 1.81. The largest absolute Gasteiger partial charge is 0.384 e. The molecule has 2 atom stereocenters.